The number of aromatic nitrogens is 3. The summed E-state index contributed by atoms with van der Waals surface area (Å²) in [6.45, 7) is 0. The van der Waals surface area contributed by atoms with E-state index in [1.54, 1.807) is 6.20 Å². The first-order valence-electron chi connectivity index (χ1n) is 6.03. The van der Waals surface area contributed by atoms with Crippen LogP contribution in [0.2, 0.25) is 0 Å². The van der Waals surface area contributed by atoms with E-state index in [0.29, 0.717) is 6.42 Å². The average Bonchev–Trinajstić information content (AvgIpc) is 2.77. The van der Waals surface area contributed by atoms with E-state index in [9.17, 15) is 0 Å². The van der Waals surface area contributed by atoms with Gasteiger partial charge in [0.2, 0.25) is 0 Å². The van der Waals surface area contributed by atoms with E-state index >= 15 is 0 Å². The van der Waals surface area contributed by atoms with Crippen molar-refractivity contribution in [1.29, 1.82) is 5.26 Å². The topological polar surface area (TPSA) is 54.5 Å². The minimum absolute atomic E-state index is 0.408. The molecule has 0 N–H and O–H groups in total. The van der Waals surface area contributed by atoms with Crippen molar-refractivity contribution in [3.63, 3.8) is 0 Å². The first kappa shape index (κ1) is 11.4. The van der Waals surface area contributed by atoms with Crippen LogP contribution in [-0.4, -0.2) is 14.5 Å². The van der Waals surface area contributed by atoms with Crippen molar-refractivity contribution < 1.29 is 0 Å². The summed E-state index contributed by atoms with van der Waals surface area (Å²) in [5.41, 5.74) is 3.78. The molecule has 0 unspecified atom stereocenters. The fraction of sp³-hybridized carbons (Fsp3) is 0.133. The van der Waals surface area contributed by atoms with Gasteiger partial charge in [0.25, 0.3) is 0 Å². The Morgan fingerprint density at radius 3 is 2.89 bits per heavy atom. The molecule has 2 heterocycles. The number of nitriles is 1. The summed E-state index contributed by atoms with van der Waals surface area (Å²) in [6, 6.07) is 13.9. The molecular weight excluding hydrogens is 236 g/mol. The molecule has 0 amide bonds. The van der Waals surface area contributed by atoms with Crippen molar-refractivity contribution in [3.05, 3.63) is 48.2 Å². The van der Waals surface area contributed by atoms with Crippen LogP contribution in [0.15, 0.2) is 42.6 Å². The van der Waals surface area contributed by atoms with Gasteiger partial charge in [-0.25, -0.2) is 4.98 Å². The van der Waals surface area contributed by atoms with Crippen LogP contribution in [0.25, 0.3) is 22.6 Å². The third kappa shape index (κ3) is 1.95. The summed E-state index contributed by atoms with van der Waals surface area (Å²) in [5, 5.41) is 8.74. The summed E-state index contributed by atoms with van der Waals surface area (Å²) >= 11 is 0. The second kappa shape index (κ2) is 4.54. The average molecular weight is 248 g/mol. The van der Waals surface area contributed by atoms with Gasteiger partial charge < -0.3 is 4.57 Å². The molecule has 0 aliphatic rings. The zero-order valence-corrected chi connectivity index (χ0v) is 10.5. The van der Waals surface area contributed by atoms with E-state index in [-0.39, 0.29) is 0 Å². The first-order chi connectivity index (χ1) is 9.29. The molecule has 1 aromatic carbocycles. The van der Waals surface area contributed by atoms with Crippen molar-refractivity contribution in [2.45, 2.75) is 6.42 Å². The van der Waals surface area contributed by atoms with Crippen LogP contribution in [0, 0.1) is 11.3 Å². The van der Waals surface area contributed by atoms with E-state index in [2.05, 4.69) is 16.0 Å². The molecule has 0 saturated heterocycles. The SMILES string of the molecule is Cn1c(-c2ccccn2)nc2cc(CC#N)ccc21. The molecule has 0 atom stereocenters. The lowest BCUT2D eigenvalue weighted by atomic mass is 10.1. The van der Waals surface area contributed by atoms with Crippen LogP contribution in [-0.2, 0) is 13.5 Å². The van der Waals surface area contributed by atoms with E-state index in [4.69, 9.17) is 5.26 Å². The molecule has 0 aliphatic carbocycles. The molecule has 0 radical (unpaired) electrons. The number of rotatable bonds is 2. The summed E-state index contributed by atoms with van der Waals surface area (Å²) in [6.07, 6.45) is 2.17. The zero-order chi connectivity index (χ0) is 13.2. The van der Waals surface area contributed by atoms with E-state index in [0.717, 1.165) is 28.1 Å². The smallest absolute Gasteiger partial charge is 0.159 e. The predicted molar refractivity (Wildman–Crippen MR) is 73.3 cm³/mol. The van der Waals surface area contributed by atoms with Gasteiger partial charge in [0.15, 0.2) is 5.82 Å². The highest BCUT2D eigenvalue weighted by molar-refractivity contribution is 5.80. The molecule has 2 aromatic heterocycles. The van der Waals surface area contributed by atoms with Gasteiger partial charge in [-0.3, -0.25) is 4.98 Å². The van der Waals surface area contributed by atoms with Gasteiger partial charge >= 0.3 is 0 Å². The number of pyridine rings is 1. The molecule has 0 spiro atoms. The van der Waals surface area contributed by atoms with Gasteiger partial charge in [0, 0.05) is 13.2 Å². The van der Waals surface area contributed by atoms with Crippen LogP contribution in [0.4, 0.5) is 0 Å². The van der Waals surface area contributed by atoms with Gasteiger partial charge in [0.1, 0.15) is 5.69 Å². The molecule has 19 heavy (non-hydrogen) atoms. The predicted octanol–water partition coefficient (Wildman–Crippen LogP) is 2.70. The van der Waals surface area contributed by atoms with Crippen LogP contribution in [0.1, 0.15) is 5.56 Å². The Hall–Kier alpha value is -2.67. The molecule has 3 aromatic rings. The number of aryl methyl sites for hydroxylation is 1. The molecule has 4 heteroatoms. The maximum atomic E-state index is 8.74. The lowest BCUT2D eigenvalue weighted by Crippen LogP contribution is -1.93. The van der Waals surface area contributed by atoms with E-state index in [1.807, 2.05) is 48.0 Å². The monoisotopic (exact) mass is 248 g/mol. The van der Waals surface area contributed by atoms with E-state index < -0.39 is 0 Å². The quantitative estimate of drug-likeness (QED) is 0.700. The number of imidazole rings is 1. The van der Waals surface area contributed by atoms with Crippen LogP contribution in [0.3, 0.4) is 0 Å². The Bertz CT molecular complexity index is 766. The van der Waals surface area contributed by atoms with Crippen LogP contribution < -0.4 is 0 Å². The van der Waals surface area contributed by atoms with Gasteiger partial charge in [-0.15, -0.1) is 0 Å². The lowest BCUT2D eigenvalue weighted by molar-refractivity contribution is 0.950. The Morgan fingerprint density at radius 1 is 1.26 bits per heavy atom. The standard InChI is InChI=1S/C15H12N4/c1-19-14-6-5-11(7-8-16)10-13(14)18-15(19)12-4-2-3-9-17-12/h2-6,9-10H,7H2,1H3. The molecule has 0 bridgehead atoms. The summed E-state index contributed by atoms with van der Waals surface area (Å²) < 4.78 is 2.02. The number of fused-ring (bicyclic) bond motifs is 1. The van der Waals surface area contributed by atoms with Crippen molar-refractivity contribution in [3.8, 4) is 17.6 Å². The lowest BCUT2D eigenvalue weighted by Gasteiger charge is -2.00. The third-order valence-corrected chi connectivity index (χ3v) is 3.12. The number of hydrogen-bond acceptors (Lipinski definition) is 3. The molecular formula is C15H12N4. The number of hydrogen-bond donors (Lipinski definition) is 0. The largest absolute Gasteiger partial charge is 0.326 e. The fourth-order valence-corrected chi connectivity index (χ4v) is 2.17. The number of benzene rings is 1. The van der Waals surface area contributed by atoms with Gasteiger partial charge in [0.05, 0.1) is 23.5 Å². The maximum Gasteiger partial charge on any atom is 0.159 e. The summed E-state index contributed by atoms with van der Waals surface area (Å²) in [5.74, 6) is 0.838. The Morgan fingerprint density at radius 2 is 2.16 bits per heavy atom. The highest BCUT2D eigenvalue weighted by Crippen LogP contribution is 2.22. The fourth-order valence-electron chi connectivity index (χ4n) is 2.17. The zero-order valence-electron chi connectivity index (χ0n) is 10.5. The van der Waals surface area contributed by atoms with Gasteiger partial charge in [-0.05, 0) is 29.8 Å². The Kier molecular flexibility index (Phi) is 2.73. The minimum atomic E-state index is 0.408. The molecule has 92 valence electrons. The second-order valence-corrected chi connectivity index (χ2v) is 4.37. The normalized spacial score (nSPS) is 10.5. The summed E-state index contributed by atoms with van der Waals surface area (Å²) in [7, 11) is 1.98. The molecule has 4 nitrogen and oxygen atoms in total. The van der Waals surface area contributed by atoms with Crippen molar-refractivity contribution in [1.82, 2.24) is 14.5 Å². The van der Waals surface area contributed by atoms with Crippen molar-refractivity contribution >= 4 is 11.0 Å². The number of nitrogens with zero attached hydrogens (tertiary/aromatic N) is 4. The molecule has 3 rings (SSSR count). The third-order valence-electron chi connectivity index (χ3n) is 3.12. The van der Waals surface area contributed by atoms with E-state index in [1.165, 1.54) is 0 Å². The molecule has 0 aliphatic heterocycles. The Balaban J connectivity index is 2.18. The second-order valence-electron chi connectivity index (χ2n) is 4.37. The van der Waals surface area contributed by atoms with Gasteiger partial charge in [-0.2, -0.15) is 5.26 Å². The Labute approximate surface area is 111 Å². The van der Waals surface area contributed by atoms with Crippen molar-refractivity contribution in [2.75, 3.05) is 0 Å². The van der Waals surface area contributed by atoms with Crippen LogP contribution in [0.5, 0.6) is 0 Å². The minimum Gasteiger partial charge on any atom is -0.326 e. The molecule has 0 saturated carbocycles. The highest BCUT2D eigenvalue weighted by Gasteiger charge is 2.10. The van der Waals surface area contributed by atoms with Gasteiger partial charge in [-0.1, -0.05) is 12.1 Å². The summed E-state index contributed by atoms with van der Waals surface area (Å²) in [4.78, 5) is 8.94. The first-order valence-corrected chi connectivity index (χ1v) is 6.03. The molecule has 0 fully saturated rings. The maximum absolute atomic E-state index is 8.74. The highest BCUT2D eigenvalue weighted by atomic mass is 15.1. The van der Waals surface area contributed by atoms with Crippen molar-refractivity contribution in [2.24, 2.45) is 7.05 Å². The van der Waals surface area contributed by atoms with Crippen LogP contribution >= 0.6 is 0 Å².